The molecule has 0 aromatic heterocycles. The lowest BCUT2D eigenvalue weighted by Gasteiger charge is -2.09. The van der Waals surface area contributed by atoms with Crippen molar-refractivity contribution in [2.75, 3.05) is 32.8 Å². The Labute approximate surface area is 105 Å². The lowest BCUT2D eigenvalue weighted by Crippen LogP contribution is -2.39. The first-order valence-electron chi connectivity index (χ1n) is 6.07. The molecule has 0 radical (unpaired) electrons. The standard InChI is InChI=1S/C11H21F3N2O2/c1-2-3-6-18-7-4-5-15-8-10(17)16-9-11(12,13)14/h15H,2-9H2,1H3,(H,16,17). The van der Waals surface area contributed by atoms with Crippen molar-refractivity contribution in [1.29, 1.82) is 0 Å². The number of hydrogen-bond acceptors (Lipinski definition) is 3. The molecule has 2 N–H and O–H groups in total. The van der Waals surface area contributed by atoms with Gasteiger partial charge in [-0.1, -0.05) is 13.3 Å². The van der Waals surface area contributed by atoms with E-state index >= 15 is 0 Å². The lowest BCUT2D eigenvalue weighted by molar-refractivity contribution is -0.137. The van der Waals surface area contributed by atoms with Crippen LogP contribution < -0.4 is 10.6 Å². The summed E-state index contributed by atoms with van der Waals surface area (Å²) in [5.74, 6) is -0.653. The summed E-state index contributed by atoms with van der Waals surface area (Å²) < 4.78 is 40.5. The van der Waals surface area contributed by atoms with Crippen LogP contribution in [0.5, 0.6) is 0 Å². The van der Waals surface area contributed by atoms with Crippen molar-refractivity contribution in [3.63, 3.8) is 0 Å². The number of ether oxygens (including phenoxy) is 1. The summed E-state index contributed by atoms with van der Waals surface area (Å²) >= 11 is 0. The molecule has 108 valence electrons. The van der Waals surface area contributed by atoms with Crippen molar-refractivity contribution in [2.24, 2.45) is 0 Å². The second kappa shape index (κ2) is 10.1. The summed E-state index contributed by atoms with van der Waals surface area (Å²) in [5.41, 5.74) is 0. The van der Waals surface area contributed by atoms with E-state index in [0.29, 0.717) is 13.2 Å². The Bertz CT molecular complexity index is 223. The van der Waals surface area contributed by atoms with Crippen molar-refractivity contribution < 1.29 is 22.7 Å². The van der Waals surface area contributed by atoms with Gasteiger partial charge in [0, 0.05) is 13.2 Å². The van der Waals surface area contributed by atoms with E-state index in [2.05, 4.69) is 12.2 Å². The van der Waals surface area contributed by atoms with Crippen LogP contribution in [0.4, 0.5) is 13.2 Å². The SMILES string of the molecule is CCCCOCCCNCC(=O)NCC(F)(F)F. The third-order valence-corrected chi connectivity index (χ3v) is 2.06. The van der Waals surface area contributed by atoms with Crippen LogP contribution in [0.3, 0.4) is 0 Å². The molecule has 0 spiro atoms. The van der Waals surface area contributed by atoms with Crippen molar-refractivity contribution in [3.8, 4) is 0 Å². The van der Waals surface area contributed by atoms with Crippen LogP contribution >= 0.6 is 0 Å². The predicted molar refractivity (Wildman–Crippen MR) is 62.3 cm³/mol. The van der Waals surface area contributed by atoms with Crippen LogP contribution in [0.15, 0.2) is 0 Å². The molecule has 1 amide bonds. The fourth-order valence-electron chi connectivity index (χ4n) is 1.11. The Balaban J connectivity index is 3.25. The minimum atomic E-state index is -4.36. The number of halogens is 3. The number of nitrogens with one attached hydrogen (secondary N) is 2. The molecule has 0 atom stereocenters. The number of amides is 1. The fourth-order valence-corrected chi connectivity index (χ4v) is 1.11. The average molecular weight is 270 g/mol. The van der Waals surface area contributed by atoms with Gasteiger partial charge in [-0.2, -0.15) is 13.2 Å². The molecule has 0 aliphatic carbocycles. The molecular weight excluding hydrogens is 249 g/mol. The highest BCUT2D eigenvalue weighted by Gasteiger charge is 2.27. The molecular formula is C11H21F3N2O2. The molecule has 0 aromatic carbocycles. The van der Waals surface area contributed by atoms with Gasteiger partial charge in [0.25, 0.3) is 0 Å². The second-order valence-electron chi connectivity index (χ2n) is 3.89. The molecule has 0 aliphatic heterocycles. The summed E-state index contributed by atoms with van der Waals surface area (Å²) in [7, 11) is 0. The van der Waals surface area contributed by atoms with Gasteiger partial charge in [0.15, 0.2) is 0 Å². The molecule has 0 unspecified atom stereocenters. The zero-order valence-corrected chi connectivity index (χ0v) is 10.6. The van der Waals surface area contributed by atoms with Gasteiger partial charge in [-0.25, -0.2) is 0 Å². The Kier molecular flexibility index (Phi) is 9.67. The zero-order chi connectivity index (χ0) is 13.9. The van der Waals surface area contributed by atoms with E-state index in [4.69, 9.17) is 4.74 Å². The van der Waals surface area contributed by atoms with Crippen molar-refractivity contribution >= 4 is 5.91 Å². The van der Waals surface area contributed by atoms with E-state index in [0.717, 1.165) is 25.9 Å². The quantitative estimate of drug-likeness (QED) is 0.591. The smallest absolute Gasteiger partial charge is 0.381 e. The molecule has 0 aromatic rings. The number of carbonyl (C=O) groups is 1. The van der Waals surface area contributed by atoms with Crippen LogP contribution in [-0.2, 0) is 9.53 Å². The largest absolute Gasteiger partial charge is 0.405 e. The van der Waals surface area contributed by atoms with Gasteiger partial charge >= 0.3 is 6.18 Å². The lowest BCUT2D eigenvalue weighted by atomic mass is 10.3. The highest BCUT2D eigenvalue weighted by Crippen LogP contribution is 2.11. The molecule has 18 heavy (non-hydrogen) atoms. The molecule has 0 fully saturated rings. The Hall–Kier alpha value is -0.820. The normalized spacial score (nSPS) is 11.6. The van der Waals surface area contributed by atoms with Gasteiger partial charge in [-0.05, 0) is 19.4 Å². The topological polar surface area (TPSA) is 50.4 Å². The number of unbranched alkanes of at least 4 members (excludes halogenated alkanes) is 1. The molecule has 0 heterocycles. The summed E-state index contributed by atoms with van der Waals surface area (Å²) in [6.07, 6.45) is -1.52. The third kappa shape index (κ3) is 13.2. The number of alkyl halides is 3. The fraction of sp³-hybridized carbons (Fsp3) is 0.909. The number of rotatable bonds is 10. The van der Waals surface area contributed by atoms with E-state index < -0.39 is 18.6 Å². The predicted octanol–water partition coefficient (Wildman–Crippen LogP) is 1.46. The third-order valence-electron chi connectivity index (χ3n) is 2.06. The van der Waals surface area contributed by atoms with Crippen molar-refractivity contribution in [3.05, 3.63) is 0 Å². The Morgan fingerprint density at radius 3 is 2.50 bits per heavy atom. The Morgan fingerprint density at radius 2 is 1.89 bits per heavy atom. The maximum atomic E-state index is 11.8. The van der Waals surface area contributed by atoms with E-state index in [1.54, 1.807) is 5.32 Å². The van der Waals surface area contributed by atoms with Crippen LogP contribution in [-0.4, -0.2) is 44.9 Å². The monoisotopic (exact) mass is 270 g/mol. The first-order valence-corrected chi connectivity index (χ1v) is 6.07. The first-order chi connectivity index (χ1) is 8.45. The average Bonchev–Trinajstić information content (AvgIpc) is 2.29. The molecule has 4 nitrogen and oxygen atoms in total. The summed E-state index contributed by atoms with van der Waals surface area (Å²) in [5, 5.41) is 4.54. The molecule has 0 rings (SSSR count). The van der Waals surface area contributed by atoms with Gasteiger partial charge < -0.3 is 15.4 Å². The summed E-state index contributed by atoms with van der Waals surface area (Å²) in [4.78, 5) is 11.0. The van der Waals surface area contributed by atoms with E-state index in [-0.39, 0.29) is 6.54 Å². The van der Waals surface area contributed by atoms with Crippen LogP contribution in [0.2, 0.25) is 0 Å². The second-order valence-corrected chi connectivity index (χ2v) is 3.89. The summed E-state index contributed by atoms with van der Waals surface area (Å²) in [6.45, 7) is 2.55. The van der Waals surface area contributed by atoms with Gasteiger partial charge in [-0.15, -0.1) is 0 Å². The zero-order valence-electron chi connectivity index (χ0n) is 10.6. The maximum Gasteiger partial charge on any atom is 0.405 e. The minimum absolute atomic E-state index is 0.106. The molecule has 7 heteroatoms. The number of hydrogen-bond donors (Lipinski definition) is 2. The molecule has 0 bridgehead atoms. The first kappa shape index (κ1) is 17.2. The van der Waals surface area contributed by atoms with Crippen LogP contribution in [0.25, 0.3) is 0 Å². The maximum absolute atomic E-state index is 11.8. The van der Waals surface area contributed by atoms with Gasteiger partial charge in [0.05, 0.1) is 6.54 Å². The van der Waals surface area contributed by atoms with Crippen molar-refractivity contribution in [2.45, 2.75) is 32.4 Å². The highest BCUT2D eigenvalue weighted by atomic mass is 19.4. The molecule has 0 saturated heterocycles. The van der Waals surface area contributed by atoms with E-state index in [1.165, 1.54) is 0 Å². The molecule has 0 saturated carbocycles. The van der Waals surface area contributed by atoms with E-state index in [9.17, 15) is 18.0 Å². The van der Waals surface area contributed by atoms with Gasteiger partial charge in [0.1, 0.15) is 6.54 Å². The van der Waals surface area contributed by atoms with E-state index in [1.807, 2.05) is 0 Å². The minimum Gasteiger partial charge on any atom is -0.381 e. The highest BCUT2D eigenvalue weighted by molar-refractivity contribution is 5.77. The summed E-state index contributed by atoms with van der Waals surface area (Å²) in [6, 6.07) is 0. The van der Waals surface area contributed by atoms with Crippen LogP contribution in [0.1, 0.15) is 26.2 Å². The number of carbonyl (C=O) groups excluding carboxylic acids is 1. The van der Waals surface area contributed by atoms with Gasteiger partial charge in [0.2, 0.25) is 5.91 Å². The molecule has 0 aliphatic rings. The van der Waals surface area contributed by atoms with Crippen LogP contribution in [0, 0.1) is 0 Å². The Morgan fingerprint density at radius 1 is 1.22 bits per heavy atom. The van der Waals surface area contributed by atoms with Crippen molar-refractivity contribution in [1.82, 2.24) is 10.6 Å². The van der Waals surface area contributed by atoms with Gasteiger partial charge in [-0.3, -0.25) is 4.79 Å².